The molecule has 16 heavy (non-hydrogen) atoms. The maximum absolute atomic E-state index is 12.4. The van der Waals surface area contributed by atoms with Gasteiger partial charge in [0.15, 0.2) is 5.84 Å². The maximum Gasteiger partial charge on any atom is 0.399 e. The molecule has 1 unspecified atom stereocenters. The fourth-order valence-electron chi connectivity index (χ4n) is 1.07. The minimum absolute atomic E-state index is 0.191. The lowest BCUT2D eigenvalue weighted by Crippen LogP contribution is -2.37. The average molecular weight is 258 g/mol. The Morgan fingerprint density at radius 1 is 1.44 bits per heavy atom. The summed E-state index contributed by atoms with van der Waals surface area (Å²) < 4.78 is 37.3. The van der Waals surface area contributed by atoms with Crippen LogP contribution >= 0.6 is 11.8 Å². The van der Waals surface area contributed by atoms with Crippen molar-refractivity contribution in [3.05, 3.63) is 0 Å². The van der Waals surface area contributed by atoms with Crippen molar-refractivity contribution in [2.75, 3.05) is 11.5 Å². The van der Waals surface area contributed by atoms with E-state index in [1.807, 2.05) is 6.92 Å². The molecule has 0 aromatic rings. The number of unbranched alkanes of at least 4 members (excludes halogenated alkanes) is 2. The number of hydrogen-bond donors (Lipinski definition) is 2. The summed E-state index contributed by atoms with van der Waals surface area (Å²) in [5.41, 5.74) is 5.01. The van der Waals surface area contributed by atoms with Crippen molar-refractivity contribution in [1.29, 1.82) is 0 Å². The zero-order chi connectivity index (χ0) is 12.6. The monoisotopic (exact) mass is 258 g/mol. The molecule has 0 radical (unpaired) electrons. The molecule has 0 aliphatic rings. The molecule has 0 rings (SSSR count). The molecular weight excluding hydrogens is 241 g/mol. The van der Waals surface area contributed by atoms with Crippen molar-refractivity contribution in [1.82, 2.24) is 0 Å². The molecule has 0 saturated carbocycles. The van der Waals surface area contributed by atoms with E-state index in [0.717, 1.165) is 19.3 Å². The third-order valence-electron chi connectivity index (χ3n) is 2.04. The SMILES string of the molecule is CCCCCSCC(C(N)=NO)C(F)(F)F. The second kappa shape index (κ2) is 7.65. The topological polar surface area (TPSA) is 58.6 Å². The van der Waals surface area contributed by atoms with Gasteiger partial charge < -0.3 is 10.9 Å². The van der Waals surface area contributed by atoms with Crippen LogP contribution in [0.25, 0.3) is 0 Å². The van der Waals surface area contributed by atoms with Gasteiger partial charge in [0.25, 0.3) is 0 Å². The highest BCUT2D eigenvalue weighted by Crippen LogP contribution is 2.29. The maximum atomic E-state index is 12.4. The Labute approximate surface area is 97.3 Å². The lowest BCUT2D eigenvalue weighted by atomic mass is 10.1. The van der Waals surface area contributed by atoms with Gasteiger partial charge in [-0.2, -0.15) is 24.9 Å². The fraction of sp³-hybridized carbons (Fsp3) is 0.889. The van der Waals surface area contributed by atoms with Crippen molar-refractivity contribution in [2.24, 2.45) is 16.8 Å². The average Bonchev–Trinajstić information content (AvgIpc) is 2.20. The molecule has 0 aromatic carbocycles. The highest BCUT2D eigenvalue weighted by atomic mass is 32.2. The highest BCUT2D eigenvalue weighted by molar-refractivity contribution is 7.99. The molecule has 0 heterocycles. The van der Waals surface area contributed by atoms with E-state index in [0.29, 0.717) is 5.75 Å². The van der Waals surface area contributed by atoms with Gasteiger partial charge in [-0.1, -0.05) is 24.9 Å². The lowest BCUT2D eigenvalue weighted by Gasteiger charge is -2.18. The van der Waals surface area contributed by atoms with E-state index in [1.54, 1.807) is 0 Å². The second-order valence-electron chi connectivity index (χ2n) is 3.40. The number of nitrogens with two attached hydrogens (primary N) is 1. The number of oxime groups is 1. The number of amidine groups is 1. The van der Waals surface area contributed by atoms with Crippen molar-refractivity contribution < 1.29 is 18.4 Å². The third kappa shape index (κ3) is 6.09. The summed E-state index contributed by atoms with van der Waals surface area (Å²) in [6.45, 7) is 2.03. The molecule has 0 spiro atoms. The van der Waals surface area contributed by atoms with Gasteiger partial charge in [0.2, 0.25) is 0 Å². The Balaban J connectivity index is 4.05. The standard InChI is InChI=1S/C9H17F3N2OS/c1-2-3-4-5-16-6-7(8(13)14-15)9(10,11)12/h7,15H,2-6H2,1H3,(H2,13,14). The zero-order valence-corrected chi connectivity index (χ0v) is 9.94. The number of halogens is 3. The first-order valence-corrected chi connectivity index (χ1v) is 6.20. The van der Waals surface area contributed by atoms with Crippen LogP contribution in [0.15, 0.2) is 5.16 Å². The fourth-order valence-corrected chi connectivity index (χ4v) is 2.24. The van der Waals surface area contributed by atoms with Crippen LogP contribution in [0.2, 0.25) is 0 Å². The van der Waals surface area contributed by atoms with Crippen molar-refractivity contribution in [2.45, 2.75) is 32.4 Å². The molecule has 96 valence electrons. The summed E-state index contributed by atoms with van der Waals surface area (Å²) in [4.78, 5) is 0. The van der Waals surface area contributed by atoms with Crippen LogP contribution in [-0.2, 0) is 0 Å². The first kappa shape index (κ1) is 15.4. The Bertz CT molecular complexity index is 221. The van der Waals surface area contributed by atoms with E-state index in [-0.39, 0.29) is 5.75 Å². The summed E-state index contributed by atoms with van der Waals surface area (Å²) in [5.74, 6) is -2.15. The van der Waals surface area contributed by atoms with Crippen LogP contribution in [0.3, 0.4) is 0 Å². The normalized spacial score (nSPS) is 15.1. The minimum Gasteiger partial charge on any atom is -0.409 e. The molecule has 3 nitrogen and oxygen atoms in total. The van der Waals surface area contributed by atoms with Crippen molar-refractivity contribution in [3.63, 3.8) is 0 Å². The predicted molar refractivity (Wildman–Crippen MR) is 59.8 cm³/mol. The van der Waals surface area contributed by atoms with Gasteiger partial charge in [0.1, 0.15) is 5.92 Å². The quantitative estimate of drug-likeness (QED) is 0.243. The summed E-state index contributed by atoms with van der Waals surface area (Å²) in [7, 11) is 0. The number of thioether (sulfide) groups is 1. The Hall–Kier alpha value is -0.590. The molecule has 0 aliphatic carbocycles. The first-order valence-electron chi connectivity index (χ1n) is 5.05. The van der Waals surface area contributed by atoms with Gasteiger partial charge in [-0.3, -0.25) is 0 Å². The van der Waals surface area contributed by atoms with E-state index >= 15 is 0 Å². The van der Waals surface area contributed by atoms with Gasteiger partial charge in [0.05, 0.1) is 0 Å². The molecular formula is C9H17F3N2OS. The van der Waals surface area contributed by atoms with Gasteiger partial charge >= 0.3 is 6.18 Å². The van der Waals surface area contributed by atoms with Crippen molar-refractivity contribution in [3.8, 4) is 0 Å². The molecule has 0 fully saturated rings. The van der Waals surface area contributed by atoms with Gasteiger partial charge in [0, 0.05) is 5.75 Å². The van der Waals surface area contributed by atoms with Crippen LogP contribution in [0.4, 0.5) is 13.2 Å². The number of alkyl halides is 3. The largest absolute Gasteiger partial charge is 0.409 e. The summed E-state index contributed by atoms with van der Waals surface area (Å²) in [6, 6.07) is 0. The molecule has 7 heteroatoms. The predicted octanol–water partition coefficient (Wildman–Crippen LogP) is 2.83. The molecule has 0 aliphatic heterocycles. The Morgan fingerprint density at radius 2 is 2.06 bits per heavy atom. The third-order valence-corrected chi connectivity index (χ3v) is 3.19. The van der Waals surface area contributed by atoms with Crippen LogP contribution < -0.4 is 5.73 Å². The zero-order valence-electron chi connectivity index (χ0n) is 9.13. The van der Waals surface area contributed by atoms with Crippen LogP contribution in [0.5, 0.6) is 0 Å². The number of nitrogens with zero attached hydrogens (tertiary/aromatic N) is 1. The smallest absolute Gasteiger partial charge is 0.399 e. The summed E-state index contributed by atoms with van der Waals surface area (Å²) >= 11 is 1.18. The van der Waals surface area contributed by atoms with Crippen molar-refractivity contribution >= 4 is 17.6 Å². The minimum atomic E-state index is -4.45. The summed E-state index contributed by atoms with van der Waals surface area (Å²) in [6.07, 6.45) is -1.52. The lowest BCUT2D eigenvalue weighted by molar-refractivity contribution is -0.150. The van der Waals surface area contributed by atoms with Gasteiger partial charge in [-0.05, 0) is 12.2 Å². The number of rotatable bonds is 7. The van der Waals surface area contributed by atoms with E-state index in [4.69, 9.17) is 10.9 Å². The van der Waals surface area contributed by atoms with Crippen LogP contribution in [0, 0.1) is 5.92 Å². The molecule has 1 atom stereocenters. The first-order chi connectivity index (χ1) is 7.43. The van der Waals surface area contributed by atoms with Crippen LogP contribution in [-0.4, -0.2) is 28.7 Å². The van der Waals surface area contributed by atoms with E-state index in [1.165, 1.54) is 11.8 Å². The molecule has 0 bridgehead atoms. The summed E-state index contributed by atoms with van der Waals surface area (Å²) in [5, 5.41) is 10.7. The Kier molecular flexibility index (Phi) is 7.36. The Morgan fingerprint density at radius 3 is 2.50 bits per heavy atom. The molecule has 0 aromatic heterocycles. The van der Waals surface area contributed by atoms with E-state index in [2.05, 4.69) is 5.16 Å². The van der Waals surface area contributed by atoms with E-state index in [9.17, 15) is 13.2 Å². The second-order valence-corrected chi connectivity index (χ2v) is 4.55. The van der Waals surface area contributed by atoms with Gasteiger partial charge in [-0.25, -0.2) is 0 Å². The molecule has 0 saturated heterocycles. The van der Waals surface area contributed by atoms with E-state index < -0.39 is 17.9 Å². The van der Waals surface area contributed by atoms with Crippen LogP contribution in [0.1, 0.15) is 26.2 Å². The number of hydrogen-bond acceptors (Lipinski definition) is 3. The molecule has 3 N–H and O–H groups in total. The molecule has 0 amide bonds. The highest BCUT2D eigenvalue weighted by Gasteiger charge is 2.42. The van der Waals surface area contributed by atoms with Gasteiger partial charge in [-0.15, -0.1) is 0 Å².